The van der Waals surface area contributed by atoms with E-state index in [4.69, 9.17) is 4.74 Å². The Hall–Kier alpha value is -1.93. The monoisotopic (exact) mass is 222 g/mol. The third-order valence-electron chi connectivity index (χ3n) is 3.62. The highest BCUT2D eigenvalue weighted by Gasteiger charge is 2.57. The number of rotatable bonds is 0. The van der Waals surface area contributed by atoms with Gasteiger partial charge >= 0.3 is 0 Å². The van der Waals surface area contributed by atoms with Crippen LogP contribution in [0.3, 0.4) is 0 Å². The SMILES string of the molecule is O=C1c2ccccc2-c2ccccc2C12CO2. The molecular formula is C15H10O2. The van der Waals surface area contributed by atoms with E-state index >= 15 is 0 Å². The number of epoxide rings is 1. The Bertz CT molecular complexity index is 639. The lowest BCUT2D eigenvalue weighted by molar-refractivity contribution is 0.0868. The van der Waals surface area contributed by atoms with E-state index in [1.165, 1.54) is 0 Å². The molecule has 0 bridgehead atoms. The average molecular weight is 222 g/mol. The van der Waals surface area contributed by atoms with Gasteiger partial charge in [-0.1, -0.05) is 48.5 Å². The summed E-state index contributed by atoms with van der Waals surface area (Å²) < 4.78 is 5.48. The fraction of sp³-hybridized carbons (Fsp3) is 0.133. The molecule has 0 saturated carbocycles. The molecule has 2 heteroatoms. The quantitative estimate of drug-likeness (QED) is 0.641. The van der Waals surface area contributed by atoms with E-state index < -0.39 is 5.60 Å². The summed E-state index contributed by atoms with van der Waals surface area (Å²) in [6, 6.07) is 15.8. The molecule has 0 aromatic heterocycles. The van der Waals surface area contributed by atoms with E-state index in [9.17, 15) is 4.79 Å². The molecule has 0 amide bonds. The predicted molar refractivity (Wildman–Crippen MR) is 63.8 cm³/mol. The van der Waals surface area contributed by atoms with Gasteiger partial charge in [0.15, 0.2) is 5.60 Å². The van der Waals surface area contributed by atoms with Gasteiger partial charge < -0.3 is 4.74 Å². The number of hydrogen-bond donors (Lipinski definition) is 0. The second-order valence-electron chi connectivity index (χ2n) is 4.54. The van der Waals surface area contributed by atoms with Crippen molar-refractivity contribution in [1.29, 1.82) is 0 Å². The summed E-state index contributed by atoms with van der Waals surface area (Å²) >= 11 is 0. The van der Waals surface area contributed by atoms with Crippen molar-refractivity contribution in [1.82, 2.24) is 0 Å². The summed E-state index contributed by atoms with van der Waals surface area (Å²) in [4.78, 5) is 12.4. The van der Waals surface area contributed by atoms with E-state index in [-0.39, 0.29) is 5.78 Å². The van der Waals surface area contributed by atoms with Gasteiger partial charge in [0.2, 0.25) is 5.78 Å². The van der Waals surface area contributed by atoms with Gasteiger partial charge in [0.05, 0.1) is 6.61 Å². The fourth-order valence-electron chi connectivity index (χ4n) is 2.68. The zero-order valence-electron chi connectivity index (χ0n) is 9.14. The van der Waals surface area contributed by atoms with Crippen LogP contribution in [-0.2, 0) is 10.3 Å². The maximum Gasteiger partial charge on any atom is 0.202 e. The van der Waals surface area contributed by atoms with Crippen LogP contribution >= 0.6 is 0 Å². The number of carbonyl (C=O) groups excluding carboxylic acids is 1. The lowest BCUT2D eigenvalue weighted by Gasteiger charge is -2.23. The van der Waals surface area contributed by atoms with Crippen LogP contribution < -0.4 is 0 Å². The van der Waals surface area contributed by atoms with Gasteiger partial charge in [-0.05, 0) is 11.1 Å². The molecule has 2 aromatic rings. The lowest BCUT2D eigenvalue weighted by Crippen LogP contribution is -2.27. The van der Waals surface area contributed by atoms with E-state index in [1.54, 1.807) is 0 Å². The smallest absolute Gasteiger partial charge is 0.202 e. The number of hydrogen-bond acceptors (Lipinski definition) is 2. The van der Waals surface area contributed by atoms with E-state index in [0.29, 0.717) is 6.61 Å². The molecule has 2 aliphatic rings. The molecule has 17 heavy (non-hydrogen) atoms. The molecule has 0 N–H and O–H groups in total. The van der Waals surface area contributed by atoms with Crippen molar-refractivity contribution in [3.8, 4) is 11.1 Å². The third-order valence-corrected chi connectivity index (χ3v) is 3.62. The number of ketones is 1. The topological polar surface area (TPSA) is 29.6 Å². The maximum absolute atomic E-state index is 12.4. The van der Waals surface area contributed by atoms with Crippen molar-refractivity contribution in [2.45, 2.75) is 5.60 Å². The molecule has 4 rings (SSSR count). The highest BCUT2D eigenvalue weighted by atomic mass is 16.6. The maximum atomic E-state index is 12.4. The molecular weight excluding hydrogens is 212 g/mol. The molecule has 1 aliphatic heterocycles. The first-order valence-electron chi connectivity index (χ1n) is 5.71. The molecule has 1 atom stereocenters. The Labute approximate surface area is 98.8 Å². The third kappa shape index (κ3) is 1.01. The number of fused-ring (bicyclic) bond motifs is 4. The van der Waals surface area contributed by atoms with Gasteiger partial charge in [-0.2, -0.15) is 0 Å². The second kappa shape index (κ2) is 2.84. The molecule has 1 heterocycles. The standard InChI is InChI=1S/C15H10O2/c16-14-12-7-2-1-5-10(12)11-6-3-4-8-13(11)15(14)9-17-15/h1-8H,9H2. The predicted octanol–water partition coefficient (Wildman–Crippen LogP) is 2.78. The van der Waals surface area contributed by atoms with E-state index in [1.807, 2.05) is 42.5 Å². The Morgan fingerprint density at radius 3 is 2.18 bits per heavy atom. The first kappa shape index (κ1) is 9.14. The Kier molecular flexibility index (Phi) is 1.53. The zero-order chi connectivity index (χ0) is 11.5. The van der Waals surface area contributed by atoms with Gasteiger partial charge in [-0.25, -0.2) is 0 Å². The van der Waals surface area contributed by atoms with Gasteiger partial charge in [-0.15, -0.1) is 0 Å². The van der Waals surface area contributed by atoms with Crippen LogP contribution in [0.1, 0.15) is 15.9 Å². The Morgan fingerprint density at radius 1 is 0.882 bits per heavy atom. The zero-order valence-corrected chi connectivity index (χ0v) is 9.14. The number of Topliss-reactive ketones (excluding diaryl/α,β-unsaturated/α-hetero) is 1. The van der Waals surface area contributed by atoms with Crippen LogP contribution in [0.4, 0.5) is 0 Å². The minimum atomic E-state index is -0.676. The summed E-state index contributed by atoms with van der Waals surface area (Å²) in [5.41, 5.74) is 3.27. The van der Waals surface area contributed by atoms with Crippen molar-refractivity contribution >= 4 is 5.78 Å². The van der Waals surface area contributed by atoms with Gasteiger partial charge in [-0.3, -0.25) is 4.79 Å². The van der Waals surface area contributed by atoms with Crippen LogP contribution in [0.25, 0.3) is 11.1 Å². The first-order valence-corrected chi connectivity index (χ1v) is 5.71. The normalized spacial score (nSPS) is 24.4. The summed E-state index contributed by atoms with van der Waals surface area (Å²) in [6.07, 6.45) is 0. The van der Waals surface area contributed by atoms with Crippen LogP contribution in [0.15, 0.2) is 48.5 Å². The first-order chi connectivity index (χ1) is 8.33. The summed E-state index contributed by atoms with van der Waals surface area (Å²) in [5, 5.41) is 0. The largest absolute Gasteiger partial charge is 0.356 e. The van der Waals surface area contributed by atoms with Crippen molar-refractivity contribution in [3.05, 3.63) is 59.7 Å². The molecule has 2 nitrogen and oxygen atoms in total. The van der Waals surface area contributed by atoms with E-state index in [2.05, 4.69) is 6.07 Å². The average Bonchev–Trinajstić information content (AvgIpc) is 3.18. The van der Waals surface area contributed by atoms with Crippen molar-refractivity contribution in [2.24, 2.45) is 0 Å². The van der Waals surface area contributed by atoms with Crippen molar-refractivity contribution < 1.29 is 9.53 Å². The lowest BCUT2D eigenvalue weighted by atomic mass is 9.78. The van der Waals surface area contributed by atoms with Gasteiger partial charge in [0, 0.05) is 11.1 Å². The number of carbonyl (C=O) groups is 1. The number of benzene rings is 2. The van der Waals surface area contributed by atoms with Gasteiger partial charge in [0.25, 0.3) is 0 Å². The fourth-order valence-corrected chi connectivity index (χ4v) is 2.68. The molecule has 1 unspecified atom stereocenters. The second-order valence-corrected chi connectivity index (χ2v) is 4.54. The molecule has 1 saturated heterocycles. The summed E-state index contributed by atoms with van der Waals surface area (Å²) in [7, 11) is 0. The van der Waals surface area contributed by atoms with E-state index in [0.717, 1.165) is 22.3 Å². The Balaban J connectivity index is 2.12. The van der Waals surface area contributed by atoms with Crippen LogP contribution in [-0.4, -0.2) is 12.4 Å². The number of ether oxygens (including phenoxy) is 1. The molecule has 2 aromatic carbocycles. The highest BCUT2D eigenvalue weighted by molar-refractivity contribution is 6.13. The summed E-state index contributed by atoms with van der Waals surface area (Å²) in [5.74, 6) is 0.104. The van der Waals surface area contributed by atoms with Crippen molar-refractivity contribution in [2.75, 3.05) is 6.61 Å². The molecule has 1 fully saturated rings. The molecule has 1 spiro atoms. The minimum Gasteiger partial charge on any atom is -0.356 e. The molecule has 82 valence electrons. The van der Waals surface area contributed by atoms with Crippen LogP contribution in [0, 0.1) is 0 Å². The molecule has 0 radical (unpaired) electrons. The van der Waals surface area contributed by atoms with Crippen LogP contribution in [0.2, 0.25) is 0 Å². The minimum absolute atomic E-state index is 0.104. The summed E-state index contributed by atoms with van der Waals surface area (Å²) in [6.45, 7) is 0.511. The molecule has 1 aliphatic carbocycles. The Morgan fingerprint density at radius 2 is 1.47 bits per heavy atom. The van der Waals surface area contributed by atoms with Crippen LogP contribution in [0.5, 0.6) is 0 Å². The van der Waals surface area contributed by atoms with Crippen molar-refractivity contribution in [3.63, 3.8) is 0 Å². The van der Waals surface area contributed by atoms with Gasteiger partial charge in [0.1, 0.15) is 0 Å². The highest BCUT2D eigenvalue weighted by Crippen LogP contribution is 2.50.